The molecule has 84 valence electrons. The maximum atomic E-state index is 8.95. The lowest BCUT2D eigenvalue weighted by Gasteiger charge is -2.08. The lowest BCUT2D eigenvalue weighted by atomic mass is 10.2. The van der Waals surface area contributed by atoms with Gasteiger partial charge in [-0.2, -0.15) is 5.26 Å². The minimum absolute atomic E-state index is 0.444. The fourth-order valence-electron chi connectivity index (χ4n) is 1.50. The van der Waals surface area contributed by atoms with Crippen LogP contribution in [-0.2, 0) is 6.61 Å². The van der Waals surface area contributed by atoms with E-state index < -0.39 is 0 Å². The topological polar surface area (TPSA) is 59.0 Å². The first kappa shape index (κ1) is 11.0. The molecule has 0 radical (unpaired) electrons. The van der Waals surface area contributed by atoms with Crippen molar-refractivity contribution in [2.24, 2.45) is 0 Å². The summed E-state index contributed by atoms with van der Waals surface area (Å²) in [5.74, 6) is 0.561. The Labute approximate surface area is 100 Å². The van der Waals surface area contributed by atoms with Crippen LogP contribution in [0.3, 0.4) is 0 Å². The SMILES string of the molecule is N#Cc1cc(N)ccc1OCc1ccccc1. The van der Waals surface area contributed by atoms with Crippen LogP contribution in [0.15, 0.2) is 48.5 Å². The van der Waals surface area contributed by atoms with Gasteiger partial charge in [0.15, 0.2) is 0 Å². The molecule has 2 aromatic carbocycles. The van der Waals surface area contributed by atoms with Gasteiger partial charge in [0.25, 0.3) is 0 Å². The Kier molecular flexibility index (Phi) is 3.27. The van der Waals surface area contributed by atoms with Crippen LogP contribution in [0.4, 0.5) is 5.69 Å². The molecule has 0 bridgehead atoms. The summed E-state index contributed by atoms with van der Waals surface area (Å²) in [4.78, 5) is 0. The third kappa shape index (κ3) is 2.76. The Balaban J connectivity index is 2.12. The van der Waals surface area contributed by atoms with Gasteiger partial charge in [-0.05, 0) is 23.8 Å². The monoisotopic (exact) mass is 224 g/mol. The third-order valence-corrected chi connectivity index (χ3v) is 2.36. The molecule has 0 heterocycles. The van der Waals surface area contributed by atoms with Gasteiger partial charge in [0.05, 0.1) is 5.56 Å². The number of nitrogens with two attached hydrogens (primary N) is 1. The summed E-state index contributed by atoms with van der Waals surface area (Å²) < 4.78 is 5.59. The molecule has 2 rings (SSSR count). The maximum absolute atomic E-state index is 8.95. The van der Waals surface area contributed by atoms with Crippen LogP contribution in [0.1, 0.15) is 11.1 Å². The van der Waals surface area contributed by atoms with E-state index >= 15 is 0 Å². The molecule has 0 aromatic heterocycles. The zero-order valence-electron chi connectivity index (χ0n) is 9.26. The van der Waals surface area contributed by atoms with Gasteiger partial charge in [-0.1, -0.05) is 30.3 Å². The van der Waals surface area contributed by atoms with Crippen molar-refractivity contribution in [3.8, 4) is 11.8 Å². The Morgan fingerprint density at radius 3 is 2.59 bits per heavy atom. The summed E-state index contributed by atoms with van der Waals surface area (Å²) in [7, 11) is 0. The maximum Gasteiger partial charge on any atom is 0.137 e. The minimum Gasteiger partial charge on any atom is -0.488 e. The minimum atomic E-state index is 0.444. The van der Waals surface area contributed by atoms with Gasteiger partial charge in [0.1, 0.15) is 18.4 Å². The normalized spacial score (nSPS) is 9.59. The first-order valence-electron chi connectivity index (χ1n) is 5.26. The number of hydrogen-bond donors (Lipinski definition) is 1. The van der Waals surface area contributed by atoms with E-state index in [0.29, 0.717) is 23.6 Å². The van der Waals surface area contributed by atoms with E-state index in [9.17, 15) is 0 Å². The van der Waals surface area contributed by atoms with E-state index in [1.54, 1.807) is 18.2 Å². The Hall–Kier alpha value is -2.47. The first-order chi connectivity index (χ1) is 8.29. The van der Waals surface area contributed by atoms with E-state index in [4.69, 9.17) is 15.7 Å². The second-order valence-corrected chi connectivity index (χ2v) is 3.64. The number of benzene rings is 2. The van der Waals surface area contributed by atoms with Crippen LogP contribution in [0.2, 0.25) is 0 Å². The highest BCUT2D eigenvalue weighted by Gasteiger charge is 2.03. The van der Waals surface area contributed by atoms with E-state index in [0.717, 1.165) is 5.56 Å². The lowest BCUT2D eigenvalue weighted by molar-refractivity contribution is 0.305. The van der Waals surface area contributed by atoms with Crippen LogP contribution in [0.25, 0.3) is 0 Å². The molecule has 3 nitrogen and oxygen atoms in total. The molecule has 0 unspecified atom stereocenters. The molecule has 2 N–H and O–H groups in total. The van der Waals surface area contributed by atoms with E-state index in [-0.39, 0.29) is 0 Å². The van der Waals surface area contributed by atoms with Crippen molar-refractivity contribution in [2.75, 3.05) is 5.73 Å². The number of hydrogen-bond acceptors (Lipinski definition) is 3. The summed E-state index contributed by atoms with van der Waals surface area (Å²) in [5, 5.41) is 8.95. The molecule has 0 aliphatic carbocycles. The molecular formula is C14H12N2O. The molecule has 0 aliphatic rings. The van der Waals surface area contributed by atoms with Gasteiger partial charge in [-0.3, -0.25) is 0 Å². The Morgan fingerprint density at radius 1 is 1.12 bits per heavy atom. The average Bonchev–Trinajstić information content (AvgIpc) is 2.38. The number of nitriles is 1. The molecule has 3 heteroatoms. The summed E-state index contributed by atoms with van der Waals surface area (Å²) in [6, 6.07) is 16.9. The van der Waals surface area contributed by atoms with Gasteiger partial charge >= 0.3 is 0 Å². The predicted octanol–water partition coefficient (Wildman–Crippen LogP) is 2.72. The van der Waals surface area contributed by atoms with Crippen LogP contribution >= 0.6 is 0 Å². The van der Waals surface area contributed by atoms with Gasteiger partial charge in [-0.25, -0.2) is 0 Å². The molecule has 0 aliphatic heterocycles. The highest BCUT2D eigenvalue weighted by atomic mass is 16.5. The quantitative estimate of drug-likeness (QED) is 0.815. The Bertz CT molecular complexity index is 544. The van der Waals surface area contributed by atoms with E-state index in [1.165, 1.54) is 0 Å². The second-order valence-electron chi connectivity index (χ2n) is 3.64. The van der Waals surface area contributed by atoms with Crippen molar-refractivity contribution < 1.29 is 4.74 Å². The van der Waals surface area contributed by atoms with Gasteiger partial charge < -0.3 is 10.5 Å². The van der Waals surface area contributed by atoms with Gasteiger partial charge in [-0.15, -0.1) is 0 Å². The zero-order chi connectivity index (χ0) is 12.1. The van der Waals surface area contributed by atoms with E-state index in [1.807, 2.05) is 30.3 Å². The van der Waals surface area contributed by atoms with E-state index in [2.05, 4.69) is 6.07 Å². The smallest absolute Gasteiger partial charge is 0.137 e. The molecule has 0 atom stereocenters. The molecule has 0 saturated heterocycles. The molecule has 0 saturated carbocycles. The van der Waals surface area contributed by atoms with Crippen molar-refractivity contribution in [3.63, 3.8) is 0 Å². The lowest BCUT2D eigenvalue weighted by Crippen LogP contribution is -1.97. The van der Waals surface area contributed by atoms with Crippen molar-refractivity contribution in [2.45, 2.75) is 6.61 Å². The number of ether oxygens (including phenoxy) is 1. The highest BCUT2D eigenvalue weighted by molar-refractivity contribution is 5.53. The van der Waals surface area contributed by atoms with Crippen LogP contribution < -0.4 is 10.5 Å². The number of anilines is 1. The summed E-state index contributed by atoms with van der Waals surface area (Å²) in [5.41, 5.74) is 7.69. The fourth-order valence-corrected chi connectivity index (χ4v) is 1.50. The summed E-state index contributed by atoms with van der Waals surface area (Å²) >= 11 is 0. The molecular weight excluding hydrogens is 212 g/mol. The fraction of sp³-hybridized carbons (Fsp3) is 0.0714. The van der Waals surface area contributed by atoms with Crippen molar-refractivity contribution in [3.05, 3.63) is 59.7 Å². The van der Waals surface area contributed by atoms with Crippen molar-refractivity contribution in [1.29, 1.82) is 5.26 Å². The largest absolute Gasteiger partial charge is 0.488 e. The molecule has 2 aromatic rings. The Morgan fingerprint density at radius 2 is 1.88 bits per heavy atom. The van der Waals surface area contributed by atoms with Gasteiger partial charge in [0.2, 0.25) is 0 Å². The summed E-state index contributed by atoms with van der Waals surface area (Å²) in [6.45, 7) is 0.444. The zero-order valence-corrected chi connectivity index (χ0v) is 9.26. The molecule has 17 heavy (non-hydrogen) atoms. The predicted molar refractivity (Wildman–Crippen MR) is 66.3 cm³/mol. The van der Waals surface area contributed by atoms with Crippen LogP contribution in [0, 0.1) is 11.3 Å². The number of rotatable bonds is 3. The van der Waals surface area contributed by atoms with Crippen molar-refractivity contribution >= 4 is 5.69 Å². The third-order valence-electron chi connectivity index (χ3n) is 2.36. The molecule has 0 amide bonds. The number of nitrogens with zero attached hydrogens (tertiary/aromatic N) is 1. The van der Waals surface area contributed by atoms with Gasteiger partial charge in [0, 0.05) is 5.69 Å². The van der Waals surface area contributed by atoms with Crippen molar-refractivity contribution in [1.82, 2.24) is 0 Å². The number of nitrogen functional groups attached to an aromatic ring is 1. The second kappa shape index (κ2) is 5.04. The standard InChI is InChI=1S/C14H12N2O/c15-9-12-8-13(16)6-7-14(12)17-10-11-4-2-1-3-5-11/h1-8H,10,16H2. The highest BCUT2D eigenvalue weighted by Crippen LogP contribution is 2.21. The van der Waals surface area contributed by atoms with Crippen LogP contribution in [-0.4, -0.2) is 0 Å². The van der Waals surface area contributed by atoms with Crippen LogP contribution in [0.5, 0.6) is 5.75 Å². The first-order valence-corrected chi connectivity index (χ1v) is 5.26. The summed E-state index contributed by atoms with van der Waals surface area (Å²) in [6.07, 6.45) is 0. The molecule has 0 spiro atoms. The molecule has 0 fully saturated rings. The average molecular weight is 224 g/mol.